The second-order valence-electron chi connectivity index (χ2n) is 6.86. The normalized spacial score (nSPS) is 17.1. The fourth-order valence-electron chi connectivity index (χ4n) is 2.45. The maximum atomic E-state index is 12.4. The Hall–Kier alpha value is -0.230. The molecule has 0 spiro atoms. The largest absolute Gasteiger partial charge is 0.444 e. The maximum absolute atomic E-state index is 12.4. The highest BCUT2D eigenvalue weighted by Crippen LogP contribution is 2.51. The van der Waals surface area contributed by atoms with Crippen molar-refractivity contribution in [3.05, 3.63) is 0 Å². The van der Waals surface area contributed by atoms with Gasteiger partial charge in [0, 0.05) is 13.1 Å². The summed E-state index contributed by atoms with van der Waals surface area (Å²) in [6, 6.07) is 0. The van der Waals surface area contributed by atoms with Gasteiger partial charge in [-0.1, -0.05) is 0 Å². The van der Waals surface area contributed by atoms with Gasteiger partial charge in [0.05, 0.1) is 18.7 Å². The quantitative estimate of drug-likeness (QED) is 0.573. The predicted molar refractivity (Wildman–Crippen MR) is 98.7 cm³/mol. The summed E-state index contributed by atoms with van der Waals surface area (Å²) in [5.74, 6) is 1.43. The summed E-state index contributed by atoms with van der Waals surface area (Å²) in [6.07, 6.45) is 1.66. The molecule has 0 unspecified atom stereocenters. The molecule has 0 aliphatic carbocycles. The van der Waals surface area contributed by atoms with E-state index in [0.717, 1.165) is 18.6 Å². The minimum absolute atomic E-state index is 0.231. The van der Waals surface area contributed by atoms with Gasteiger partial charge >= 0.3 is 13.7 Å². The fraction of sp³-hybridized carbons (Fsp3) is 0.938. The summed E-state index contributed by atoms with van der Waals surface area (Å²) in [4.78, 5) is 13.8. The van der Waals surface area contributed by atoms with Crippen molar-refractivity contribution in [1.82, 2.24) is 4.90 Å². The van der Waals surface area contributed by atoms with Crippen molar-refractivity contribution >= 4 is 25.5 Å². The zero-order valence-electron chi connectivity index (χ0n) is 15.6. The van der Waals surface area contributed by atoms with Crippen LogP contribution in [0.25, 0.3) is 0 Å². The highest BCUT2D eigenvalue weighted by molar-refractivity contribution is 8.04. The summed E-state index contributed by atoms with van der Waals surface area (Å²) < 4.78 is 28.4. The Labute approximate surface area is 150 Å². The molecule has 24 heavy (non-hydrogen) atoms. The number of ether oxygens (including phenoxy) is 1. The van der Waals surface area contributed by atoms with Crippen LogP contribution in [0.2, 0.25) is 0 Å². The first-order valence-corrected chi connectivity index (χ1v) is 11.5. The first-order chi connectivity index (χ1) is 11.2. The van der Waals surface area contributed by atoms with Gasteiger partial charge in [-0.25, -0.2) is 4.79 Å². The molecular formula is C16H32NO5PS. The number of hydrogen-bond acceptors (Lipinski definition) is 6. The van der Waals surface area contributed by atoms with Crippen LogP contribution in [0.15, 0.2) is 0 Å². The van der Waals surface area contributed by atoms with E-state index in [1.165, 1.54) is 0 Å². The molecule has 0 bridgehead atoms. The molecule has 142 valence electrons. The molecule has 6 nitrogen and oxygen atoms in total. The summed E-state index contributed by atoms with van der Waals surface area (Å²) in [5, 5.41) is 0. The van der Waals surface area contributed by atoms with Gasteiger partial charge in [0.25, 0.3) is 0 Å². The average molecular weight is 381 g/mol. The smallest absolute Gasteiger partial charge is 0.410 e. The Morgan fingerprint density at radius 1 is 1.17 bits per heavy atom. The Balaban J connectivity index is 2.31. The van der Waals surface area contributed by atoms with Crippen LogP contribution in [0.1, 0.15) is 47.5 Å². The third kappa shape index (κ3) is 8.24. The maximum Gasteiger partial charge on any atom is 0.410 e. The minimum atomic E-state index is -2.96. The van der Waals surface area contributed by atoms with Crippen LogP contribution in [0.5, 0.6) is 0 Å². The van der Waals surface area contributed by atoms with Crippen LogP contribution in [0.4, 0.5) is 4.79 Å². The zero-order chi connectivity index (χ0) is 18.2. The number of piperidine rings is 1. The van der Waals surface area contributed by atoms with Crippen molar-refractivity contribution < 1.29 is 23.1 Å². The molecule has 0 aromatic heterocycles. The van der Waals surface area contributed by atoms with Crippen LogP contribution >= 0.6 is 19.4 Å². The molecule has 1 aliphatic rings. The first kappa shape index (κ1) is 21.8. The van der Waals surface area contributed by atoms with Gasteiger partial charge in [0.1, 0.15) is 5.60 Å². The predicted octanol–water partition coefficient (Wildman–Crippen LogP) is 4.59. The van der Waals surface area contributed by atoms with E-state index in [1.54, 1.807) is 16.7 Å². The molecule has 0 saturated carbocycles. The molecule has 1 fully saturated rings. The van der Waals surface area contributed by atoms with E-state index in [0.29, 0.717) is 37.7 Å². The summed E-state index contributed by atoms with van der Waals surface area (Å²) in [6.45, 7) is 11.5. The molecule has 1 saturated heterocycles. The topological polar surface area (TPSA) is 65.1 Å². The molecule has 1 aliphatic heterocycles. The molecule has 1 rings (SSSR count). The summed E-state index contributed by atoms with van der Waals surface area (Å²) in [7, 11) is -2.96. The standard InChI is InChI=1S/C16H32NO5PS/c1-6-20-23(19,21-7-2)13-24-12-14-8-10-17(11-9-14)15(18)22-16(3,4)5/h14H,6-13H2,1-5H3. The summed E-state index contributed by atoms with van der Waals surface area (Å²) in [5.41, 5.74) is -0.0650. The van der Waals surface area contributed by atoms with Gasteiger partial charge in [0.15, 0.2) is 0 Å². The zero-order valence-corrected chi connectivity index (χ0v) is 17.3. The van der Waals surface area contributed by atoms with E-state index >= 15 is 0 Å². The molecule has 0 radical (unpaired) electrons. The number of nitrogens with zero attached hydrogens (tertiary/aromatic N) is 1. The van der Waals surface area contributed by atoms with Crippen molar-refractivity contribution in [1.29, 1.82) is 0 Å². The van der Waals surface area contributed by atoms with Crippen LogP contribution in [0.3, 0.4) is 0 Å². The minimum Gasteiger partial charge on any atom is -0.444 e. The van der Waals surface area contributed by atoms with Gasteiger partial charge in [-0.15, -0.1) is 11.8 Å². The summed E-state index contributed by atoms with van der Waals surface area (Å²) >= 11 is 1.62. The van der Waals surface area contributed by atoms with E-state index in [1.807, 2.05) is 34.6 Å². The second-order valence-corrected chi connectivity index (χ2v) is 10.4. The van der Waals surface area contributed by atoms with Crippen molar-refractivity contribution in [3.63, 3.8) is 0 Å². The Morgan fingerprint density at radius 2 is 1.71 bits per heavy atom. The van der Waals surface area contributed by atoms with E-state index in [-0.39, 0.29) is 6.09 Å². The first-order valence-electron chi connectivity index (χ1n) is 8.63. The average Bonchev–Trinajstić information content (AvgIpc) is 2.46. The fourth-order valence-corrected chi connectivity index (χ4v) is 5.89. The van der Waals surface area contributed by atoms with Crippen LogP contribution < -0.4 is 0 Å². The van der Waals surface area contributed by atoms with Crippen molar-refractivity contribution in [2.24, 2.45) is 5.92 Å². The van der Waals surface area contributed by atoms with Gasteiger partial charge < -0.3 is 18.7 Å². The van der Waals surface area contributed by atoms with Crippen molar-refractivity contribution in [3.8, 4) is 0 Å². The molecule has 0 atom stereocenters. The second kappa shape index (κ2) is 10.0. The van der Waals surface area contributed by atoms with Crippen molar-refractivity contribution in [2.45, 2.75) is 53.1 Å². The third-order valence-corrected chi connectivity index (χ3v) is 7.53. The van der Waals surface area contributed by atoms with Gasteiger partial charge in [-0.3, -0.25) is 4.57 Å². The lowest BCUT2D eigenvalue weighted by Gasteiger charge is -2.33. The van der Waals surface area contributed by atoms with Gasteiger partial charge in [0.2, 0.25) is 0 Å². The van der Waals surface area contributed by atoms with Crippen LogP contribution in [0, 0.1) is 5.92 Å². The number of carbonyl (C=O) groups excluding carboxylic acids is 1. The Morgan fingerprint density at radius 3 is 2.17 bits per heavy atom. The van der Waals surface area contributed by atoms with Crippen LogP contribution in [-0.2, 0) is 18.3 Å². The molecule has 0 aromatic carbocycles. The van der Waals surface area contributed by atoms with E-state index in [2.05, 4.69) is 0 Å². The molecule has 1 amide bonds. The van der Waals surface area contributed by atoms with E-state index in [9.17, 15) is 9.36 Å². The molecule has 1 heterocycles. The number of carbonyl (C=O) groups is 1. The number of likely N-dealkylation sites (tertiary alicyclic amines) is 1. The monoisotopic (exact) mass is 381 g/mol. The van der Waals surface area contributed by atoms with Crippen LogP contribution in [-0.4, -0.2) is 54.1 Å². The van der Waals surface area contributed by atoms with E-state index < -0.39 is 13.2 Å². The molecule has 0 N–H and O–H groups in total. The molecule has 8 heteroatoms. The van der Waals surface area contributed by atoms with Gasteiger partial charge in [-0.2, -0.15) is 0 Å². The number of rotatable bonds is 8. The highest BCUT2D eigenvalue weighted by atomic mass is 32.2. The number of thioether (sulfide) groups is 1. The number of hydrogen-bond donors (Lipinski definition) is 0. The lowest BCUT2D eigenvalue weighted by Crippen LogP contribution is -2.42. The molecule has 0 aromatic rings. The third-order valence-electron chi connectivity index (χ3n) is 3.52. The van der Waals surface area contributed by atoms with Gasteiger partial charge in [-0.05, 0) is 59.1 Å². The molecular weight excluding hydrogens is 349 g/mol. The lowest BCUT2D eigenvalue weighted by atomic mass is 9.99. The van der Waals surface area contributed by atoms with Crippen molar-refractivity contribution in [2.75, 3.05) is 37.6 Å². The Bertz CT molecular complexity index is 423. The number of amides is 1. The van der Waals surface area contributed by atoms with E-state index in [4.69, 9.17) is 13.8 Å². The lowest BCUT2D eigenvalue weighted by molar-refractivity contribution is 0.0191. The SMILES string of the molecule is CCOP(=O)(CSCC1CCN(C(=O)OC(C)(C)C)CC1)OCC. The highest BCUT2D eigenvalue weighted by Gasteiger charge is 2.28. The Kier molecular flexibility index (Phi) is 9.13.